The van der Waals surface area contributed by atoms with Gasteiger partial charge in [-0.1, -0.05) is 25.5 Å². The molecule has 1 fully saturated rings. The van der Waals surface area contributed by atoms with Crippen molar-refractivity contribution < 1.29 is 8.42 Å². The SMILES string of the molecule is CCCC1CC1NC(=NCc1ccc(S(C)(=O)=O)c(C)c1)NCC.I. The van der Waals surface area contributed by atoms with Gasteiger partial charge >= 0.3 is 0 Å². The lowest BCUT2D eigenvalue weighted by Gasteiger charge is -2.11. The molecule has 0 bridgehead atoms. The number of halogens is 1. The third kappa shape index (κ3) is 6.77. The Morgan fingerprint density at radius 1 is 1.32 bits per heavy atom. The highest BCUT2D eigenvalue weighted by Gasteiger charge is 2.36. The van der Waals surface area contributed by atoms with Crippen LogP contribution in [0.15, 0.2) is 28.1 Å². The van der Waals surface area contributed by atoms with Gasteiger partial charge in [0.15, 0.2) is 15.8 Å². The Bertz CT molecular complexity index is 704. The van der Waals surface area contributed by atoms with E-state index in [1.165, 1.54) is 25.5 Å². The maximum Gasteiger partial charge on any atom is 0.191 e. The van der Waals surface area contributed by atoms with Gasteiger partial charge in [-0.25, -0.2) is 13.4 Å². The second kappa shape index (κ2) is 9.75. The molecule has 1 aliphatic carbocycles. The molecule has 0 radical (unpaired) electrons. The highest BCUT2D eigenvalue weighted by atomic mass is 127. The van der Waals surface area contributed by atoms with Crippen LogP contribution in [-0.4, -0.2) is 33.2 Å². The molecule has 0 spiro atoms. The van der Waals surface area contributed by atoms with Crippen LogP contribution in [0.1, 0.15) is 44.2 Å². The fourth-order valence-corrected chi connectivity index (χ4v) is 3.97. The fraction of sp³-hybridized carbons (Fsp3) is 0.611. The van der Waals surface area contributed by atoms with E-state index in [-0.39, 0.29) is 24.0 Å². The van der Waals surface area contributed by atoms with E-state index in [1.54, 1.807) is 6.07 Å². The molecule has 0 saturated heterocycles. The van der Waals surface area contributed by atoms with Crippen LogP contribution in [0.25, 0.3) is 0 Å². The first-order chi connectivity index (χ1) is 11.3. The van der Waals surface area contributed by atoms with Crippen molar-refractivity contribution in [2.45, 2.75) is 57.5 Å². The number of guanidine groups is 1. The topological polar surface area (TPSA) is 70.6 Å². The molecule has 2 atom stereocenters. The van der Waals surface area contributed by atoms with Gasteiger partial charge in [0.1, 0.15) is 0 Å². The second-order valence-electron chi connectivity index (χ2n) is 6.60. The Morgan fingerprint density at radius 2 is 2.04 bits per heavy atom. The lowest BCUT2D eigenvalue weighted by atomic mass is 10.1. The van der Waals surface area contributed by atoms with Crippen LogP contribution in [0.2, 0.25) is 0 Å². The van der Waals surface area contributed by atoms with Gasteiger partial charge < -0.3 is 10.6 Å². The summed E-state index contributed by atoms with van der Waals surface area (Å²) in [5, 5.41) is 6.77. The molecule has 1 aromatic carbocycles. The Labute approximate surface area is 169 Å². The van der Waals surface area contributed by atoms with Crippen molar-refractivity contribution in [3.63, 3.8) is 0 Å². The first-order valence-corrected chi connectivity index (χ1v) is 10.6. The summed E-state index contributed by atoms with van der Waals surface area (Å²) in [6, 6.07) is 5.96. The molecular formula is C18H30IN3O2S. The van der Waals surface area contributed by atoms with Gasteiger partial charge in [-0.15, -0.1) is 24.0 Å². The molecule has 0 amide bonds. The number of benzene rings is 1. The summed E-state index contributed by atoms with van der Waals surface area (Å²) in [5.41, 5.74) is 1.78. The zero-order valence-corrected chi connectivity index (χ0v) is 18.6. The summed E-state index contributed by atoms with van der Waals surface area (Å²) < 4.78 is 23.4. The van der Waals surface area contributed by atoms with Crippen molar-refractivity contribution in [2.24, 2.45) is 10.9 Å². The lowest BCUT2D eigenvalue weighted by molar-refractivity contribution is 0.601. The average molecular weight is 479 g/mol. The van der Waals surface area contributed by atoms with E-state index in [1.807, 2.05) is 19.1 Å². The van der Waals surface area contributed by atoms with E-state index in [9.17, 15) is 8.42 Å². The number of rotatable bonds is 7. The van der Waals surface area contributed by atoms with E-state index in [0.717, 1.165) is 29.5 Å². The van der Waals surface area contributed by atoms with E-state index < -0.39 is 9.84 Å². The summed E-state index contributed by atoms with van der Waals surface area (Å²) in [6.07, 6.45) is 4.95. The molecule has 0 heterocycles. The monoisotopic (exact) mass is 479 g/mol. The van der Waals surface area contributed by atoms with Crippen LogP contribution in [0.4, 0.5) is 0 Å². The predicted octanol–water partition coefficient (Wildman–Crippen LogP) is 3.26. The highest BCUT2D eigenvalue weighted by molar-refractivity contribution is 14.0. The van der Waals surface area contributed by atoms with Crippen molar-refractivity contribution in [3.8, 4) is 0 Å². The zero-order chi connectivity index (χ0) is 17.7. The second-order valence-corrected chi connectivity index (χ2v) is 8.59. The standard InChI is InChI=1S/C18H29N3O2S.HI/c1-5-7-15-11-16(15)21-18(19-6-2)20-12-14-8-9-17(13(3)10-14)24(4,22)23;/h8-10,15-16H,5-7,11-12H2,1-4H3,(H2,19,20,21);1H. The average Bonchev–Trinajstić information content (AvgIpc) is 3.22. The van der Waals surface area contributed by atoms with Gasteiger partial charge in [-0.05, 0) is 49.8 Å². The van der Waals surface area contributed by atoms with E-state index in [2.05, 4.69) is 29.5 Å². The molecule has 0 aromatic heterocycles. The minimum atomic E-state index is -3.17. The number of hydrogen-bond donors (Lipinski definition) is 2. The van der Waals surface area contributed by atoms with Gasteiger partial charge in [-0.3, -0.25) is 0 Å². The molecule has 2 rings (SSSR count). The number of hydrogen-bond acceptors (Lipinski definition) is 3. The Balaban J connectivity index is 0.00000312. The summed E-state index contributed by atoms with van der Waals surface area (Å²) in [5.74, 6) is 1.61. The molecule has 1 saturated carbocycles. The summed E-state index contributed by atoms with van der Waals surface area (Å²) in [7, 11) is -3.17. The number of aryl methyl sites for hydroxylation is 1. The molecule has 1 aliphatic rings. The molecule has 2 unspecified atom stereocenters. The van der Waals surface area contributed by atoms with Gasteiger partial charge in [0.2, 0.25) is 0 Å². The lowest BCUT2D eigenvalue weighted by Crippen LogP contribution is -2.39. The van der Waals surface area contributed by atoms with Crippen LogP contribution < -0.4 is 10.6 Å². The van der Waals surface area contributed by atoms with Gasteiger partial charge in [0.05, 0.1) is 11.4 Å². The molecule has 142 valence electrons. The Kier molecular flexibility index (Phi) is 8.67. The van der Waals surface area contributed by atoms with Crippen LogP contribution in [-0.2, 0) is 16.4 Å². The zero-order valence-electron chi connectivity index (χ0n) is 15.5. The molecule has 25 heavy (non-hydrogen) atoms. The van der Waals surface area contributed by atoms with Crippen molar-refractivity contribution in [1.82, 2.24) is 10.6 Å². The maximum atomic E-state index is 11.7. The van der Waals surface area contributed by atoms with Crippen LogP contribution in [0, 0.1) is 12.8 Å². The maximum absolute atomic E-state index is 11.7. The van der Waals surface area contributed by atoms with Gasteiger partial charge in [0.25, 0.3) is 0 Å². The van der Waals surface area contributed by atoms with Crippen molar-refractivity contribution in [3.05, 3.63) is 29.3 Å². The fourth-order valence-electron chi connectivity index (χ4n) is 3.01. The van der Waals surface area contributed by atoms with E-state index >= 15 is 0 Å². The first kappa shape index (κ1) is 22.2. The minimum absolute atomic E-state index is 0. The van der Waals surface area contributed by atoms with Crippen LogP contribution >= 0.6 is 24.0 Å². The predicted molar refractivity (Wildman–Crippen MR) is 114 cm³/mol. The van der Waals surface area contributed by atoms with Crippen LogP contribution in [0.3, 0.4) is 0 Å². The highest BCUT2D eigenvalue weighted by Crippen LogP contribution is 2.34. The molecule has 5 nitrogen and oxygen atoms in total. The first-order valence-electron chi connectivity index (χ1n) is 8.69. The summed E-state index contributed by atoms with van der Waals surface area (Å²) in [6.45, 7) is 7.46. The smallest absolute Gasteiger partial charge is 0.191 e. The molecule has 1 aromatic rings. The Hall–Kier alpha value is -0.830. The van der Waals surface area contributed by atoms with Gasteiger partial charge in [0, 0.05) is 18.8 Å². The Morgan fingerprint density at radius 3 is 2.60 bits per heavy atom. The molecule has 2 N–H and O–H groups in total. The number of aliphatic imine (C=N–C) groups is 1. The van der Waals surface area contributed by atoms with Crippen molar-refractivity contribution in [1.29, 1.82) is 0 Å². The number of nitrogens with one attached hydrogen (secondary N) is 2. The van der Waals surface area contributed by atoms with Gasteiger partial charge in [-0.2, -0.15) is 0 Å². The summed E-state index contributed by atoms with van der Waals surface area (Å²) >= 11 is 0. The van der Waals surface area contributed by atoms with Crippen molar-refractivity contribution in [2.75, 3.05) is 12.8 Å². The summed E-state index contributed by atoms with van der Waals surface area (Å²) in [4.78, 5) is 5.03. The third-order valence-electron chi connectivity index (χ3n) is 4.31. The largest absolute Gasteiger partial charge is 0.357 e. The molecule has 7 heteroatoms. The number of sulfone groups is 1. The van der Waals surface area contributed by atoms with Crippen molar-refractivity contribution >= 4 is 39.8 Å². The van der Waals surface area contributed by atoms with Crippen LogP contribution in [0.5, 0.6) is 0 Å². The minimum Gasteiger partial charge on any atom is -0.357 e. The number of nitrogens with zero attached hydrogens (tertiary/aromatic N) is 1. The van der Waals surface area contributed by atoms with E-state index in [4.69, 9.17) is 0 Å². The molecular weight excluding hydrogens is 449 g/mol. The normalized spacial score (nSPS) is 19.9. The van der Waals surface area contributed by atoms with E-state index in [0.29, 0.717) is 17.5 Å². The molecule has 0 aliphatic heterocycles. The third-order valence-corrected chi connectivity index (χ3v) is 5.56. The quantitative estimate of drug-likeness (QED) is 0.358.